The van der Waals surface area contributed by atoms with Gasteiger partial charge in [-0.1, -0.05) is 0 Å². The number of anilines is 1. The number of rotatable bonds is 2. The van der Waals surface area contributed by atoms with Crippen LogP contribution in [0.15, 0.2) is 6.20 Å². The Morgan fingerprint density at radius 2 is 2.12 bits per heavy atom. The van der Waals surface area contributed by atoms with Crippen LogP contribution in [-0.2, 0) is 0 Å². The molecule has 0 radical (unpaired) electrons. The van der Waals surface area contributed by atoms with E-state index in [1.165, 1.54) is 4.68 Å². The summed E-state index contributed by atoms with van der Waals surface area (Å²) in [6.45, 7) is 3.35. The molecule has 0 saturated carbocycles. The third-order valence-corrected chi connectivity index (χ3v) is 2.04. The fraction of sp³-hybridized carbons (Fsp3) is 0.250. The Hall–Kier alpha value is -2.58. The van der Waals surface area contributed by atoms with Crippen LogP contribution in [0.1, 0.15) is 11.6 Å². The van der Waals surface area contributed by atoms with Crippen molar-refractivity contribution < 1.29 is 4.92 Å². The summed E-state index contributed by atoms with van der Waals surface area (Å²) < 4.78 is 1.27. The zero-order valence-electron chi connectivity index (χ0n) is 9.15. The molecule has 2 aromatic rings. The average Bonchev–Trinajstić information content (AvgIpc) is 2.57. The van der Waals surface area contributed by atoms with Gasteiger partial charge in [-0.05, 0) is 13.8 Å². The van der Waals surface area contributed by atoms with Crippen molar-refractivity contribution in [3.05, 3.63) is 28.0 Å². The molecule has 0 saturated heterocycles. The van der Waals surface area contributed by atoms with E-state index in [1.54, 1.807) is 13.8 Å². The number of nitrogen functional groups attached to an aromatic ring is 1. The van der Waals surface area contributed by atoms with Crippen LogP contribution >= 0.6 is 0 Å². The molecule has 0 unspecified atom stereocenters. The molecule has 9 heteroatoms. The maximum Gasteiger partial charge on any atom is 0.332 e. The number of hydrogen-bond acceptors (Lipinski definition) is 7. The lowest BCUT2D eigenvalue weighted by atomic mass is 10.4. The maximum absolute atomic E-state index is 10.8. The summed E-state index contributed by atoms with van der Waals surface area (Å²) in [5.41, 5.74) is 5.14. The zero-order valence-corrected chi connectivity index (χ0v) is 9.15. The van der Waals surface area contributed by atoms with E-state index in [2.05, 4.69) is 20.1 Å². The van der Waals surface area contributed by atoms with E-state index in [0.717, 1.165) is 6.20 Å². The average molecular weight is 235 g/mol. The first-order chi connectivity index (χ1) is 7.99. The van der Waals surface area contributed by atoms with Gasteiger partial charge in [0.25, 0.3) is 0 Å². The number of nitro groups is 1. The Labute approximate surface area is 95.5 Å². The number of hydrogen-bond donors (Lipinski definition) is 1. The Kier molecular flexibility index (Phi) is 2.42. The molecular formula is C8H9N7O2. The minimum absolute atomic E-state index is 0.0144. The molecule has 9 nitrogen and oxygen atoms in total. The highest BCUT2D eigenvalue weighted by Crippen LogP contribution is 2.20. The Bertz CT molecular complexity index is 592. The van der Waals surface area contributed by atoms with Crippen LogP contribution in [0.2, 0.25) is 0 Å². The molecule has 88 valence electrons. The second-order valence-electron chi connectivity index (χ2n) is 3.31. The van der Waals surface area contributed by atoms with Crippen LogP contribution in [-0.4, -0.2) is 29.7 Å². The summed E-state index contributed by atoms with van der Waals surface area (Å²) in [6.07, 6.45) is 1.05. The van der Waals surface area contributed by atoms with Gasteiger partial charge in [0.05, 0.1) is 4.92 Å². The van der Waals surface area contributed by atoms with Crippen molar-refractivity contribution in [1.29, 1.82) is 0 Å². The van der Waals surface area contributed by atoms with Crippen molar-refractivity contribution in [3.8, 4) is 5.82 Å². The summed E-state index contributed by atoms with van der Waals surface area (Å²) in [7, 11) is 0. The van der Waals surface area contributed by atoms with Gasteiger partial charge in [0.2, 0.25) is 11.8 Å². The van der Waals surface area contributed by atoms with E-state index in [0.29, 0.717) is 11.6 Å². The van der Waals surface area contributed by atoms with E-state index in [-0.39, 0.29) is 17.5 Å². The Morgan fingerprint density at radius 3 is 2.65 bits per heavy atom. The summed E-state index contributed by atoms with van der Waals surface area (Å²) in [4.78, 5) is 21.7. The van der Waals surface area contributed by atoms with Gasteiger partial charge in [-0.3, -0.25) is 10.1 Å². The minimum Gasteiger partial charge on any atom is -0.368 e. The van der Waals surface area contributed by atoms with Crippen molar-refractivity contribution in [3.63, 3.8) is 0 Å². The molecule has 2 aromatic heterocycles. The zero-order chi connectivity index (χ0) is 12.6. The third-order valence-electron chi connectivity index (χ3n) is 2.04. The van der Waals surface area contributed by atoms with Gasteiger partial charge in [0, 0.05) is 0 Å². The number of nitrogens with two attached hydrogens (primary N) is 1. The number of aromatic nitrogens is 5. The lowest BCUT2D eigenvalue weighted by molar-refractivity contribution is -0.385. The van der Waals surface area contributed by atoms with Gasteiger partial charge < -0.3 is 5.73 Å². The molecule has 0 fully saturated rings. The third kappa shape index (κ3) is 1.89. The van der Waals surface area contributed by atoms with Crippen molar-refractivity contribution in [2.45, 2.75) is 13.8 Å². The topological polar surface area (TPSA) is 126 Å². The molecule has 0 aliphatic rings. The second-order valence-corrected chi connectivity index (χ2v) is 3.31. The predicted molar refractivity (Wildman–Crippen MR) is 57.5 cm³/mol. The Morgan fingerprint density at radius 1 is 1.41 bits per heavy atom. The molecule has 2 heterocycles. The van der Waals surface area contributed by atoms with Crippen molar-refractivity contribution >= 4 is 11.6 Å². The molecular weight excluding hydrogens is 226 g/mol. The van der Waals surface area contributed by atoms with E-state index in [4.69, 9.17) is 5.73 Å². The standard InChI is InChI=1S/C8H9N7O2/c1-4-11-5(2)14(13-4)7-6(15(16)17)3-10-8(9)12-7/h3H,1-2H3,(H2,9,10,12). The van der Waals surface area contributed by atoms with E-state index < -0.39 is 4.92 Å². The molecule has 0 amide bonds. The highest BCUT2D eigenvalue weighted by Gasteiger charge is 2.21. The Balaban J connectivity index is 2.69. The lowest BCUT2D eigenvalue weighted by Gasteiger charge is -2.03. The summed E-state index contributed by atoms with van der Waals surface area (Å²) in [5.74, 6) is 0.941. The lowest BCUT2D eigenvalue weighted by Crippen LogP contribution is -2.09. The molecule has 0 bridgehead atoms. The molecule has 0 aromatic carbocycles. The molecule has 0 spiro atoms. The number of aryl methyl sites for hydroxylation is 2. The summed E-state index contributed by atoms with van der Waals surface area (Å²) in [6, 6.07) is 0. The fourth-order valence-electron chi connectivity index (χ4n) is 1.39. The van der Waals surface area contributed by atoms with Gasteiger partial charge in [-0.15, -0.1) is 5.10 Å². The molecule has 17 heavy (non-hydrogen) atoms. The van der Waals surface area contributed by atoms with E-state index in [9.17, 15) is 10.1 Å². The van der Waals surface area contributed by atoms with Crippen LogP contribution < -0.4 is 5.73 Å². The highest BCUT2D eigenvalue weighted by molar-refractivity contribution is 5.47. The van der Waals surface area contributed by atoms with Crippen LogP contribution in [0.25, 0.3) is 5.82 Å². The quantitative estimate of drug-likeness (QED) is 0.580. The molecule has 0 aliphatic carbocycles. The van der Waals surface area contributed by atoms with Crippen LogP contribution in [0.3, 0.4) is 0 Å². The monoisotopic (exact) mass is 235 g/mol. The fourth-order valence-corrected chi connectivity index (χ4v) is 1.39. The number of nitrogens with zero attached hydrogens (tertiary/aromatic N) is 6. The molecule has 2 rings (SSSR count). The minimum atomic E-state index is -0.592. The van der Waals surface area contributed by atoms with Gasteiger partial charge in [0.1, 0.15) is 17.8 Å². The summed E-state index contributed by atoms with van der Waals surface area (Å²) >= 11 is 0. The maximum atomic E-state index is 10.8. The summed E-state index contributed by atoms with van der Waals surface area (Å²) in [5, 5.41) is 14.9. The first-order valence-electron chi connectivity index (χ1n) is 4.66. The van der Waals surface area contributed by atoms with Crippen molar-refractivity contribution in [2.75, 3.05) is 5.73 Å². The van der Waals surface area contributed by atoms with Crippen molar-refractivity contribution in [2.24, 2.45) is 0 Å². The first-order valence-corrected chi connectivity index (χ1v) is 4.66. The first kappa shape index (κ1) is 10.9. The smallest absolute Gasteiger partial charge is 0.332 e. The van der Waals surface area contributed by atoms with Crippen LogP contribution in [0, 0.1) is 24.0 Å². The van der Waals surface area contributed by atoms with Gasteiger partial charge >= 0.3 is 5.69 Å². The van der Waals surface area contributed by atoms with Gasteiger partial charge in [-0.25, -0.2) is 9.97 Å². The normalized spacial score (nSPS) is 10.5. The van der Waals surface area contributed by atoms with E-state index in [1.807, 2.05) is 0 Å². The van der Waals surface area contributed by atoms with Gasteiger partial charge in [-0.2, -0.15) is 9.67 Å². The molecule has 0 atom stereocenters. The largest absolute Gasteiger partial charge is 0.368 e. The van der Waals surface area contributed by atoms with Gasteiger partial charge in [0.15, 0.2) is 0 Å². The molecule has 0 aliphatic heterocycles. The highest BCUT2D eigenvalue weighted by atomic mass is 16.6. The predicted octanol–water partition coefficient (Wildman–Crippen LogP) is 0.165. The van der Waals surface area contributed by atoms with Crippen LogP contribution in [0.4, 0.5) is 11.6 Å². The van der Waals surface area contributed by atoms with Crippen LogP contribution in [0.5, 0.6) is 0 Å². The van der Waals surface area contributed by atoms with Crippen molar-refractivity contribution in [1.82, 2.24) is 24.7 Å². The second kappa shape index (κ2) is 3.77. The van der Waals surface area contributed by atoms with E-state index >= 15 is 0 Å². The SMILES string of the molecule is Cc1nc(C)n(-c2nc(N)ncc2[N+](=O)[O-])n1. The molecule has 2 N–H and O–H groups in total.